The smallest absolute Gasteiger partial charge is 0.266 e. The Kier molecular flexibility index (Phi) is 4.58. The molecule has 2 aromatic heterocycles. The monoisotopic (exact) mass is 364 g/mol. The maximum atomic E-state index is 12.4. The van der Waals surface area contributed by atoms with Crippen molar-refractivity contribution in [2.75, 3.05) is 0 Å². The number of aryl methyl sites for hydroxylation is 2. The predicted molar refractivity (Wildman–Crippen MR) is 101 cm³/mol. The second-order valence-corrected chi connectivity index (χ2v) is 8.95. The van der Waals surface area contributed by atoms with Gasteiger partial charge in [0.2, 0.25) is 0 Å². The molecule has 1 fully saturated rings. The molecule has 22 heavy (non-hydrogen) atoms. The summed E-state index contributed by atoms with van der Waals surface area (Å²) in [6, 6.07) is 8.04. The van der Waals surface area contributed by atoms with Gasteiger partial charge in [0.15, 0.2) is 4.32 Å². The summed E-state index contributed by atoms with van der Waals surface area (Å²) in [5.41, 5.74) is 0. The molecule has 0 N–H and O–H groups in total. The van der Waals surface area contributed by atoms with Crippen molar-refractivity contribution in [1.82, 2.24) is 5.01 Å². The van der Waals surface area contributed by atoms with E-state index in [1.54, 1.807) is 28.9 Å². The van der Waals surface area contributed by atoms with Gasteiger partial charge >= 0.3 is 0 Å². The number of nitrogens with zero attached hydrogens (tertiary/aromatic N) is 2. The van der Waals surface area contributed by atoms with E-state index in [4.69, 9.17) is 12.2 Å². The Morgan fingerprint density at radius 2 is 1.73 bits per heavy atom. The van der Waals surface area contributed by atoms with Crippen LogP contribution >= 0.6 is 46.7 Å². The molecule has 0 aliphatic carbocycles. The summed E-state index contributed by atoms with van der Waals surface area (Å²) >= 11 is 9.83. The van der Waals surface area contributed by atoms with Crippen molar-refractivity contribution in [2.45, 2.75) is 13.8 Å². The molecule has 0 bridgehead atoms. The second-order valence-electron chi connectivity index (χ2n) is 4.63. The Bertz CT molecular complexity index is 800. The minimum absolute atomic E-state index is 0.161. The number of amides is 1. The quantitative estimate of drug-likeness (QED) is 0.451. The van der Waals surface area contributed by atoms with Gasteiger partial charge in [-0.15, -0.1) is 22.7 Å². The molecule has 1 aliphatic heterocycles. The Hall–Kier alpha value is -1.28. The maximum absolute atomic E-state index is 12.4. The molecule has 2 aromatic rings. The molecule has 1 aliphatic rings. The zero-order valence-electron chi connectivity index (χ0n) is 11.9. The van der Waals surface area contributed by atoms with Crippen LogP contribution in [0.25, 0.3) is 6.08 Å². The molecule has 1 saturated heterocycles. The van der Waals surface area contributed by atoms with E-state index in [1.165, 1.54) is 26.5 Å². The zero-order chi connectivity index (χ0) is 15.7. The number of hydrogen-bond donors (Lipinski definition) is 0. The van der Waals surface area contributed by atoms with Crippen molar-refractivity contribution in [3.05, 3.63) is 48.7 Å². The van der Waals surface area contributed by atoms with Gasteiger partial charge in [0.05, 0.1) is 11.1 Å². The first-order chi connectivity index (χ1) is 10.5. The predicted octanol–water partition coefficient (Wildman–Crippen LogP) is 4.66. The molecule has 3 rings (SSSR count). The molecule has 7 heteroatoms. The molecule has 0 spiro atoms. The highest BCUT2D eigenvalue weighted by molar-refractivity contribution is 8.26. The summed E-state index contributed by atoms with van der Waals surface area (Å²) in [5.74, 6) is -0.161. The van der Waals surface area contributed by atoms with E-state index in [9.17, 15) is 4.79 Å². The first-order valence-electron chi connectivity index (χ1n) is 6.48. The van der Waals surface area contributed by atoms with E-state index in [0.29, 0.717) is 9.23 Å². The van der Waals surface area contributed by atoms with E-state index in [2.05, 4.69) is 5.10 Å². The van der Waals surface area contributed by atoms with Crippen molar-refractivity contribution >= 4 is 69.2 Å². The third kappa shape index (κ3) is 3.38. The van der Waals surface area contributed by atoms with Crippen LogP contribution in [-0.2, 0) is 4.79 Å². The summed E-state index contributed by atoms with van der Waals surface area (Å²) < 4.78 is 0.467. The molecule has 0 saturated carbocycles. The van der Waals surface area contributed by atoms with Gasteiger partial charge in [-0.1, -0.05) is 11.8 Å². The third-order valence-corrected chi connectivity index (χ3v) is 6.04. The number of rotatable bonds is 3. The number of hydrazone groups is 1. The normalized spacial score (nSPS) is 17.4. The Morgan fingerprint density at radius 3 is 2.32 bits per heavy atom. The van der Waals surface area contributed by atoms with Crippen LogP contribution in [0.3, 0.4) is 0 Å². The first kappa shape index (κ1) is 15.6. The van der Waals surface area contributed by atoms with Gasteiger partial charge < -0.3 is 0 Å². The molecule has 0 atom stereocenters. The average molecular weight is 365 g/mol. The molecular formula is C15H12N2OS4. The minimum Gasteiger partial charge on any atom is -0.266 e. The van der Waals surface area contributed by atoms with Crippen LogP contribution in [0.15, 0.2) is 34.3 Å². The van der Waals surface area contributed by atoms with Gasteiger partial charge in [0.25, 0.3) is 5.91 Å². The van der Waals surface area contributed by atoms with Gasteiger partial charge in [-0.2, -0.15) is 10.1 Å². The Labute approximate surface area is 146 Å². The topological polar surface area (TPSA) is 32.7 Å². The van der Waals surface area contributed by atoms with Crippen LogP contribution in [0.2, 0.25) is 0 Å². The van der Waals surface area contributed by atoms with Crippen LogP contribution in [0, 0.1) is 13.8 Å². The molecule has 0 radical (unpaired) electrons. The van der Waals surface area contributed by atoms with Crippen molar-refractivity contribution in [3.8, 4) is 0 Å². The number of thiophene rings is 2. The fourth-order valence-corrected chi connectivity index (χ4v) is 4.66. The van der Waals surface area contributed by atoms with Crippen LogP contribution in [0.4, 0.5) is 0 Å². The highest BCUT2D eigenvalue weighted by atomic mass is 32.2. The molecular weight excluding hydrogens is 352 g/mol. The zero-order valence-corrected chi connectivity index (χ0v) is 15.2. The van der Waals surface area contributed by atoms with Crippen molar-refractivity contribution in [3.63, 3.8) is 0 Å². The Morgan fingerprint density at radius 1 is 1.09 bits per heavy atom. The van der Waals surface area contributed by atoms with Crippen LogP contribution in [0.1, 0.15) is 19.5 Å². The molecule has 3 nitrogen and oxygen atoms in total. The lowest BCUT2D eigenvalue weighted by Crippen LogP contribution is -2.21. The lowest BCUT2D eigenvalue weighted by Gasteiger charge is -2.05. The van der Waals surface area contributed by atoms with E-state index < -0.39 is 0 Å². The number of hydrogen-bond acceptors (Lipinski definition) is 6. The van der Waals surface area contributed by atoms with Gasteiger partial charge in [-0.3, -0.25) is 4.79 Å². The van der Waals surface area contributed by atoms with E-state index in [0.717, 1.165) is 9.75 Å². The lowest BCUT2D eigenvalue weighted by atomic mass is 10.4. The lowest BCUT2D eigenvalue weighted by molar-refractivity contribution is -0.122. The summed E-state index contributed by atoms with van der Waals surface area (Å²) in [7, 11) is 0. The van der Waals surface area contributed by atoms with E-state index in [1.807, 2.05) is 44.2 Å². The summed E-state index contributed by atoms with van der Waals surface area (Å²) in [4.78, 5) is 17.5. The summed E-state index contributed by atoms with van der Waals surface area (Å²) in [6.07, 6.45) is 3.56. The number of thioether (sulfide) groups is 1. The van der Waals surface area contributed by atoms with Gasteiger partial charge in [0, 0.05) is 19.5 Å². The fraction of sp³-hybridized carbons (Fsp3) is 0.133. The van der Waals surface area contributed by atoms with Gasteiger partial charge in [-0.25, -0.2) is 0 Å². The highest BCUT2D eigenvalue weighted by Crippen LogP contribution is 2.34. The second kappa shape index (κ2) is 6.45. The van der Waals surface area contributed by atoms with Crippen LogP contribution in [0.5, 0.6) is 0 Å². The number of carbonyl (C=O) groups excluding carboxylic acids is 1. The Balaban J connectivity index is 1.79. The van der Waals surface area contributed by atoms with Crippen LogP contribution in [-0.4, -0.2) is 21.5 Å². The molecule has 3 heterocycles. The first-order valence-corrected chi connectivity index (χ1v) is 9.33. The van der Waals surface area contributed by atoms with Crippen LogP contribution < -0.4 is 0 Å². The SMILES string of the molecule is Cc1ccc(/C=N\N2C(=O)/C(=C\c3ccc(C)s3)SC2=S)s1. The molecule has 112 valence electrons. The highest BCUT2D eigenvalue weighted by Gasteiger charge is 2.32. The number of carbonyl (C=O) groups is 1. The molecule has 1 amide bonds. The minimum atomic E-state index is -0.161. The molecule has 0 unspecified atom stereocenters. The summed E-state index contributed by atoms with van der Waals surface area (Å²) in [5, 5.41) is 5.53. The molecule has 0 aromatic carbocycles. The van der Waals surface area contributed by atoms with E-state index in [-0.39, 0.29) is 5.91 Å². The van der Waals surface area contributed by atoms with E-state index >= 15 is 0 Å². The largest absolute Gasteiger partial charge is 0.286 e. The number of thiocarbonyl (C=S) groups is 1. The van der Waals surface area contributed by atoms with Gasteiger partial charge in [-0.05, 0) is 56.4 Å². The van der Waals surface area contributed by atoms with Crippen molar-refractivity contribution in [2.24, 2.45) is 5.10 Å². The standard InChI is InChI=1S/C15H12N2OS4/c1-9-3-5-11(20-9)7-13-14(18)17(15(19)22-13)16-8-12-6-4-10(2)21-12/h3-8H,1-2H3/b13-7+,16-8-. The fourth-order valence-electron chi connectivity index (χ4n) is 1.86. The third-order valence-electron chi connectivity index (χ3n) is 2.87. The maximum Gasteiger partial charge on any atom is 0.286 e. The van der Waals surface area contributed by atoms with Crippen molar-refractivity contribution < 1.29 is 4.79 Å². The van der Waals surface area contributed by atoms with Crippen molar-refractivity contribution in [1.29, 1.82) is 0 Å². The summed E-state index contributed by atoms with van der Waals surface area (Å²) in [6.45, 7) is 4.08. The van der Waals surface area contributed by atoms with Gasteiger partial charge in [0.1, 0.15) is 0 Å². The average Bonchev–Trinajstić information content (AvgIpc) is 3.12.